The first-order chi connectivity index (χ1) is 23.7. The van der Waals surface area contributed by atoms with Gasteiger partial charge in [-0.25, -0.2) is 0 Å². The molecule has 0 N–H and O–H groups in total. The van der Waals surface area contributed by atoms with Crippen LogP contribution in [0.3, 0.4) is 0 Å². The van der Waals surface area contributed by atoms with E-state index in [2.05, 4.69) is 102 Å². The first kappa shape index (κ1) is 28.8. The van der Waals surface area contributed by atoms with Gasteiger partial charge in [0.15, 0.2) is 0 Å². The van der Waals surface area contributed by atoms with Crippen LogP contribution >= 0.6 is 0 Å². The summed E-state index contributed by atoms with van der Waals surface area (Å²) in [5, 5.41) is 24.2. The van der Waals surface area contributed by atoms with Gasteiger partial charge in [0.1, 0.15) is 12.1 Å². The molecule has 0 fully saturated rings. The van der Waals surface area contributed by atoms with Gasteiger partial charge in [-0.05, 0) is 70.1 Å². The fraction of sp³-hybridized carbons (Fsp3) is 0.0222. The van der Waals surface area contributed by atoms with Crippen LogP contribution in [0.1, 0.15) is 16.7 Å². The van der Waals surface area contributed by atoms with Crippen LogP contribution in [0.15, 0.2) is 158 Å². The first-order valence-corrected chi connectivity index (χ1v) is 16.0. The molecule has 1 heterocycles. The van der Waals surface area contributed by atoms with E-state index in [-0.39, 0.29) is 0 Å². The number of benzene rings is 7. The lowest BCUT2D eigenvalue weighted by atomic mass is 9.84. The molecule has 0 aliphatic carbocycles. The number of nitriles is 2. The summed E-state index contributed by atoms with van der Waals surface area (Å²) in [4.78, 5) is 0. The monoisotopic (exact) mass is 611 g/mol. The van der Waals surface area contributed by atoms with Gasteiger partial charge < -0.3 is 4.57 Å². The Balaban J connectivity index is 1.55. The van der Waals surface area contributed by atoms with Crippen molar-refractivity contribution in [1.29, 1.82) is 10.5 Å². The van der Waals surface area contributed by atoms with E-state index in [4.69, 9.17) is 0 Å². The predicted octanol–water partition coefficient (Wildman–Crippen LogP) is 11.5. The highest BCUT2D eigenvalue weighted by molar-refractivity contribution is 6.12. The summed E-state index contributed by atoms with van der Waals surface area (Å²) in [6, 6.07) is 59.0. The Morgan fingerprint density at radius 1 is 0.417 bits per heavy atom. The second-order valence-corrected chi connectivity index (χ2v) is 12.0. The van der Waals surface area contributed by atoms with Gasteiger partial charge in [-0.1, -0.05) is 133 Å². The minimum absolute atomic E-state index is 0.480. The van der Waals surface area contributed by atoms with Crippen molar-refractivity contribution in [1.82, 2.24) is 4.57 Å². The van der Waals surface area contributed by atoms with Crippen LogP contribution in [0.4, 0.5) is 0 Å². The fourth-order valence-corrected chi connectivity index (χ4v) is 7.12. The van der Waals surface area contributed by atoms with Gasteiger partial charge in [0, 0.05) is 21.9 Å². The summed E-state index contributed by atoms with van der Waals surface area (Å²) in [6.45, 7) is 2.03. The molecular weight excluding hydrogens is 583 g/mol. The zero-order valence-corrected chi connectivity index (χ0v) is 26.4. The SMILES string of the molecule is Cc1c(-c2ccccc2)c(C#N)c(-n2c3ccc(-c4ccccc4)cc3c3cc(-c4ccccc4)ccc32)c(C#N)c1-c1ccccc1. The summed E-state index contributed by atoms with van der Waals surface area (Å²) < 4.78 is 2.14. The van der Waals surface area contributed by atoms with E-state index in [1.165, 1.54) is 0 Å². The third kappa shape index (κ3) is 4.66. The summed E-state index contributed by atoms with van der Waals surface area (Å²) >= 11 is 0. The quantitative estimate of drug-likeness (QED) is 0.194. The Hall–Kier alpha value is -6.68. The maximum Gasteiger partial charge on any atom is 0.102 e. The molecule has 48 heavy (non-hydrogen) atoms. The average molecular weight is 612 g/mol. The molecule has 3 heteroatoms. The maximum absolute atomic E-state index is 11.0. The van der Waals surface area contributed by atoms with Gasteiger partial charge in [0.2, 0.25) is 0 Å². The smallest absolute Gasteiger partial charge is 0.102 e. The largest absolute Gasteiger partial charge is 0.307 e. The van der Waals surface area contributed by atoms with Gasteiger partial charge >= 0.3 is 0 Å². The normalized spacial score (nSPS) is 11.0. The molecule has 8 rings (SSSR count). The van der Waals surface area contributed by atoms with Gasteiger partial charge in [-0.3, -0.25) is 0 Å². The molecule has 0 saturated heterocycles. The summed E-state index contributed by atoms with van der Waals surface area (Å²) in [5.74, 6) is 0. The van der Waals surface area contributed by atoms with Crippen LogP contribution in [0.25, 0.3) is 72.0 Å². The molecule has 0 spiro atoms. The summed E-state index contributed by atoms with van der Waals surface area (Å²) in [6.07, 6.45) is 0. The molecular formula is C45H29N3. The minimum Gasteiger partial charge on any atom is -0.307 e. The number of hydrogen-bond donors (Lipinski definition) is 0. The number of rotatable bonds is 5. The highest BCUT2D eigenvalue weighted by atomic mass is 15.0. The molecule has 1 aromatic heterocycles. The lowest BCUT2D eigenvalue weighted by Gasteiger charge is -2.22. The molecule has 3 nitrogen and oxygen atoms in total. The Labute approximate surface area is 279 Å². The highest BCUT2D eigenvalue weighted by Crippen LogP contribution is 2.45. The summed E-state index contributed by atoms with van der Waals surface area (Å²) in [5.41, 5.74) is 12.3. The van der Waals surface area contributed by atoms with E-state index in [1.807, 2.05) is 79.7 Å². The second-order valence-electron chi connectivity index (χ2n) is 12.0. The van der Waals surface area contributed by atoms with Crippen molar-refractivity contribution in [2.24, 2.45) is 0 Å². The predicted molar refractivity (Wildman–Crippen MR) is 197 cm³/mol. The highest BCUT2D eigenvalue weighted by Gasteiger charge is 2.27. The van der Waals surface area contributed by atoms with Crippen molar-refractivity contribution in [3.8, 4) is 62.3 Å². The van der Waals surface area contributed by atoms with Crippen LogP contribution in [0.2, 0.25) is 0 Å². The Morgan fingerprint density at radius 2 is 0.771 bits per heavy atom. The van der Waals surface area contributed by atoms with Crippen molar-refractivity contribution in [3.63, 3.8) is 0 Å². The molecule has 224 valence electrons. The van der Waals surface area contributed by atoms with E-state index < -0.39 is 0 Å². The Bertz CT molecular complexity index is 2380. The molecule has 0 amide bonds. The number of fused-ring (bicyclic) bond motifs is 3. The van der Waals surface area contributed by atoms with Crippen molar-refractivity contribution < 1.29 is 0 Å². The topological polar surface area (TPSA) is 52.5 Å². The molecule has 8 aromatic rings. The maximum atomic E-state index is 11.0. The molecule has 0 bridgehead atoms. The van der Waals surface area contributed by atoms with Gasteiger partial charge in [0.25, 0.3) is 0 Å². The zero-order valence-electron chi connectivity index (χ0n) is 26.4. The molecule has 7 aromatic carbocycles. The molecule has 0 atom stereocenters. The minimum atomic E-state index is 0.480. The van der Waals surface area contributed by atoms with Crippen LogP contribution in [-0.4, -0.2) is 4.57 Å². The molecule has 0 unspecified atom stereocenters. The van der Waals surface area contributed by atoms with Gasteiger partial charge in [-0.2, -0.15) is 10.5 Å². The zero-order chi connectivity index (χ0) is 32.6. The van der Waals surface area contributed by atoms with Crippen molar-refractivity contribution in [2.75, 3.05) is 0 Å². The van der Waals surface area contributed by atoms with E-state index >= 15 is 0 Å². The first-order valence-electron chi connectivity index (χ1n) is 16.0. The number of aromatic nitrogens is 1. The van der Waals surface area contributed by atoms with Crippen molar-refractivity contribution in [3.05, 3.63) is 174 Å². The third-order valence-corrected chi connectivity index (χ3v) is 9.28. The van der Waals surface area contributed by atoms with Crippen LogP contribution in [0, 0.1) is 29.6 Å². The standard InChI is InChI=1S/C45H29N3/c1-30-43(33-18-10-4-11-19-33)39(28-46)45(40(29-47)44(30)34-20-12-5-13-21-34)48-41-24-22-35(31-14-6-2-7-15-31)26-37(41)38-27-36(23-25-42(38)48)32-16-8-3-9-17-32/h2-27H,1H3. The molecule has 0 radical (unpaired) electrons. The van der Waals surface area contributed by atoms with Gasteiger partial charge in [-0.15, -0.1) is 0 Å². The van der Waals surface area contributed by atoms with E-state index in [1.54, 1.807) is 0 Å². The molecule has 0 aliphatic heterocycles. The Morgan fingerprint density at radius 3 is 1.12 bits per heavy atom. The molecule has 0 aliphatic rings. The van der Waals surface area contributed by atoms with E-state index in [0.29, 0.717) is 16.8 Å². The number of nitrogens with zero attached hydrogens (tertiary/aromatic N) is 3. The average Bonchev–Trinajstić information content (AvgIpc) is 3.48. The van der Waals surface area contributed by atoms with Crippen LogP contribution in [-0.2, 0) is 0 Å². The third-order valence-electron chi connectivity index (χ3n) is 9.28. The lowest BCUT2D eigenvalue weighted by Crippen LogP contribution is -2.07. The van der Waals surface area contributed by atoms with E-state index in [9.17, 15) is 10.5 Å². The fourth-order valence-electron chi connectivity index (χ4n) is 7.12. The summed E-state index contributed by atoms with van der Waals surface area (Å²) in [7, 11) is 0. The van der Waals surface area contributed by atoms with Crippen LogP contribution in [0.5, 0.6) is 0 Å². The van der Waals surface area contributed by atoms with Crippen molar-refractivity contribution in [2.45, 2.75) is 6.92 Å². The Kier molecular flexibility index (Phi) is 7.14. The lowest BCUT2D eigenvalue weighted by molar-refractivity contribution is 1.15. The van der Waals surface area contributed by atoms with Gasteiger partial charge in [0.05, 0.1) is 27.8 Å². The van der Waals surface area contributed by atoms with Crippen LogP contribution < -0.4 is 0 Å². The second kappa shape index (κ2) is 11.9. The van der Waals surface area contributed by atoms with Crippen molar-refractivity contribution >= 4 is 21.8 Å². The number of hydrogen-bond acceptors (Lipinski definition) is 2. The molecule has 0 saturated carbocycles. The van der Waals surface area contributed by atoms with E-state index in [0.717, 1.165) is 71.9 Å².